The molecule has 1 aromatic carbocycles. The highest BCUT2D eigenvalue weighted by atomic mass is 16.5. The van der Waals surface area contributed by atoms with Crippen LogP contribution in [-0.4, -0.2) is 48.6 Å². The summed E-state index contributed by atoms with van der Waals surface area (Å²) in [5.74, 6) is 0.787. The van der Waals surface area contributed by atoms with Crippen molar-refractivity contribution < 1.29 is 9.53 Å². The fourth-order valence-corrected chi connectivity index (χ4v) is 3.12. The van der Waals surface area contributed by atoms with Crippen molar-refractivity contribution >= 4 is 11.6 Å². The zero-order chi connectivity index (χ0) is 17.8. The summed E-state index contributed by atoms with van der Waals surface area (Å²) in [7, 11) is 1.67. The minimum Gasteiger partial charge on any atom is -0.495 e. The molecule has 6 heteroatoms. The third-order valence-corrected chi connectivity index (χ3v) is 4.44. The van der Waals surface area contributed by atoms with Crippen LogP contribution in [0.1, 0.15) is 23.0 Å². The molecule has 25 heavy (non-hydrogen) atoms. The van der Waals surface area contributed by atoms with Gasteiger partial charge in [-0.25, -0.2) is 4.98 Å². The molecular weight excluding hydrogens is 316 g/mol. The minimum atomic E-state index is -0.0517. The molecule has 1 aliphatic rings. The first-order valence-electron chi connectivity index (χ1n) is 8.19. The molecule has 1 atom stereocenters. The molecule has 0 unspecified atom stereocenters. The lowest BCUT2D eigenvalue weighted by molar-refractivity contribution is 0.0673. The highest BCUT2D eigenvalue weighted by molar-refractivity contribution is 5.94. The quantitative estimate of drug-likeness (QED) is 0.860. The highest BCUT2D eigenvalue weighted by Gasteiger charge is 2.29. The molecule has 1 aliphatic heterocycles. The maximum atomic E-state index is 12.7. The van der Waals surface area contributed by atoms with Gasteiger partial charge >= 0.3 is 0 Å². The van der Waals surface area contributed by atoms with Crippen molar-refractivity contribution in [2.75, 3.05) is 31.6 Å². The Bertz CT molecular complexity index is 798. The average molecular weight is 336 g/mol. The Morgan fingerprint density at radius 2 is 2.08 bits per heavy atom. The molecule has 1 amide bonds. The topological polar surface area (TPSA) is 69.5 Å². The van der Waals surface area contributed by atoms with Crippen LogP contribution >= 0.6 is 0 Å². The van der Waals surface area contributed by atoms with Crippen molar-refractivity contribution in [3.63, 3.8) is 0 Å². The molecule has 2 heterocycles. The molecule has 0 saturated carbocycles. The lowest BCUT2D eigenvalue weighted by Gasteiger charge is -2.41. The van der Waals surface area contributed by atoms with E-state index in [0.29, 0.717) is 17.8 Å². The molecule has 0 aliphatic carbocycles. The molecule has 0 spiro atoms. The second-order valence-corrected chi connectivity index (χ2v) is 6.01. The van der Waals surface area contributed by atoms with Gasteiger partial charge in [-0.2, -0.15) is 5.26 Å². The Hall–Kier alpha value is -3.07. The summed E-state index contributed by atoms with van der Waals surface area (Å²) in [6, 6.07) is 13.2. The number of anilines is 1. The van der Waals surface area contributed by atoms with Gasteiger partial charge in [-0.3, -0.25) is 4.79 Å². The Labute approximate surface area is 147 Å². The van der Waals surface area contributed by atoms with E-state index in [1.54, 1.807) is 19.2 Å². The van der Waals surface area contributed by atoms with Crippen LogP contribution < -0.4 is 9.64 Å². The highest BCUT2D eigenvalue weighted by Crippen LogP contribution is 2.29. The molecule has 6 nitrogen and oxygen atoms in total. The molecule has 2 aromatic rings. The van der Waals surface area contributed by atoms with Crippen molar-refractivity contribution in [2.45, 2.75) is 13.0 Å². The predicted octanol–water partition coefficient (Wildman–Crippen LogP) is 2.31. The van der Waals surface area contributed by atoms with Crippen LogP contribution in [0.15, 0.2) is 42.6 Å². The number of hydrogen-bond acceptors (Lipinski definition) is 5. The number of piperazine rings is 1. The van der Waals surface area contributed by atoms with Gasteiger partial charge in [0.2, 0.25) is 0 Å². The Balaban J connectivity index is 1.73. The monoisotopic (exact) mass is 336 g/mol. The van der Waals surface area contributed by atoms with Crippen LogP contribution in [0, 0.1) is 11.3 Å². The fourth-order valence-electron chi connectivity index (χ4n) is 3.12. The van der Waals surface area contributed by atoms with Crippen molar-refractivity contribution in [1.82, 2.24) is 9.88 Å². The standard InChI is InChI=1S/C19H20N4O2/c1-14-13-22(17-5-3-4-6-18(17)25-2)9-10-23(14)19(24)15-7-8-16(11-20)21-12-15/h3-8,12,14H,9-10,13H2,1-2H3/t14-/m0/s1. The van der Waals surface area contributed by atoms with Crippen LogP contribution in [0.4, 0.5) is 5.69 Å². The second kappa shape index (κ2) is 7.22. The molecular formula is C19H20N4O2. The number of aromatic nitrogens is 1. The van der Waals surface area contributed by atoms with E-state index in [-0.39, 0.29) is 11.9 Å². The number of amides is 1. The summed E-state index contributed by atoms with van der Waals surface area (Å²) in [4.78, 5) is 20.8. The maximum absolute atomic E-state index is 12.7. The molecule has 0 N–H and O–H groups in total. The van der Waals surface area contributed by atoms with E-state index < -0.39 is 0 Å². The van der Waals surface area contributed by atoms with E-state index in [4.69, 9.17) is 10.00 Å². The van der Waals surface area contributed by atoms with Gasteiger partial charge in [-0.15, -0.1) is 0 Å². The van der Waals surface area contributed by atoms with E-state index >= 15 is 0 Å². The molecule has 1 saturated heterocycles. The van der Waals surface area contributed by atoms with Gasteiger partial charge < -0.3 is 14.5 Å². The van der Waals surface area contributed by atoms with Crippen molar-refractivity contribution in [2.24, 2.45) is 0 Å². The Morgan fingerprint density at radius 1 is 1.28 bits per heavy atom. The molecule has 1 aromatic heterocycles. The normalized spacial score (nSPS) is 17.1. The second-order valence-electron chi connectivity index (χ2n) is 6.01. The maximum Gasteiger partial charge on any atom is 0.255 e. The van der Waals surface area contributed by atoms with Gasteiger partial charge in [0, 0.05) is 31.9 Å². The summed E-state index contributed by atoms with van der Waals surface area (Å²) < 4.78 is 5.44. The summed E-state index contributed by atoms with van der Waals surface area (Å²) in [6.07, 6.45) is 1.47. The summed E-state index contributed by atoms with van der Waals surface area (Å²) in [6.45, 7) is 4.13. The van der Waals surface area contributed by atoms with Gasteiger partial charge in [-0.1, -0.05) is 12.1 Å². The molecule has 1 fully saturated rings. The van der Waals surface area contributed by atoms with Crippen molar-refractivity contribution in [1.29, 1.82) is 5.26 Å². The summed E-state index contributed by atoms with van der Waals surface area (Å²) in [5.41, 5.74) is 1.87. The van der Waals surface area contributed by atoms with Crippen molar-refractivity contribution in [3.8, 4) is 11.8 Å². The predicted molar refractivity (Wildman–Crippen MR) is 94.7 cm³/mol. The lowest BCUT2D eigenvalue weighted by atomic mass is 10.1. The summed E-state index contributed by atoms with van der Waals surface area (Å²) >= 11 is 0. The molecule has 0 bridgehead atoms. The first kappa shape index (κ1) is 16.8. The summed E-state index contributed by atoms with van der Waals surface area (Å²) in [5, 5.41) is 8.81. The van der Waals surface area contributed by atoms with Crippen molar-refractivity contribution in [3.05, 3.63) is 53.9 Å². The van der Waals surface area contributed by atoms with E-state index in [0.717, 1.165) is 24.5 Å². The number of ether oxygens (including phenoxy) is 1. The fraction of sp³-hybridized carbons (Fsp3) is 0.316. The number of pyridine rings is 1. The van der Waals surface area contributed by atoms with E-state index in [2.05, 4.69) is 9.88 Å². The smallest absolute Gasteiger partial charge is 0.255 e. The van der Waals surface area contributed by atoms with E-state index in [1.165, 1.54) is 6.20 Å². The Kier molecular flexibility index (Phi) is 4.85. The number of rotatable bonds is 3. The SMILES string of the molecule is COc1ccccc1N1CCN(C(=O)c2ccc(C#N)nc2)[C@@H](C)C1. The first-order valence-corrected chi connectivity index (χ1v) is 8.19. The van der Waals surface area contributed by atoms with E-state index in [9.17, 15) is 4.79 Å². The lowest BCUT2D eigenvalue weighted by Crippen LogP contribution is -2.54. The van der Waals surface area contributed by atoms with Gasteiger partial charge in [-0.05, 0) is 31.2 Å². The average Bonchev–Trinajstić information content (AvgIpc) is 2.67. The minimum absolute atomic E-state index is 0.0517. The number of nitrogens with zero attached hydrogens (tertiary/aromatic N) is 4. The third kappa shape index (κ3) is 3.41. The number of nitriles is 1. The van der Waals surface area contributed by atoms with Gasteiger partial charge in [0.1, 0.15) is 17.5 Å². The molecule has 3 rings (SSSR count). The number of para-hydroxylation sites is 2. The van der Waals surface area contributed by atoms with Crippen LogP contribution in [-0.2, 0) is 0 Å². The van der Waals surface area contributed by atoms with Crippen LogP contribution in [0.5, 0.6) is 5.75 Å². The zero-order valence-corrected chi connectivity index (χ0v) is 14.3. The van der Waals surface area contributed by atoms with Gasteiger partial charge in [0.25, 0.3) is 5.91 Å². The van der Waals surface area contributed by atoms with Crippen LogP contribution in [0.3, 0.4) is 0 Å². The number of carbonyl (C=O) groups excluding carboxylic acids is 1. The zero-order valence-electron chi connectivity index (χ0n) is 14.3. The number of benzene rings is 1. The molecule has 0 radical (unpaired) electrons. The van der Waals surface area contributed by atoms with Crippen LogP contribution in [0.2, 0.25) is 0 Å². The van der Waals surface area contributed by atoms with Crippen LogP contribution in [0.25, 0.3) is 0 Å². The first-order chi connectivity index (χ1) is 12.1. The largest absolute Gasteiger partial charge is 0.495 e. The van der Waals surface area contributed by atoms with Gasteiger partial charge in [0.15, 0.2) is 0 Å². The number of hydrogen-bond donors (Lipinski definition) is 0. The van der Waals surface area contributed by atoms with E-state index in [1.807, 2.05) is 42.2 Å². The Morgan fingerprint density at radius 3 is 2.72 bits per heavy atom. The third-order valence-electron chi connectivity index (χ3n) is 4.44. The number of methoxy groups -OCH3 is 1. The molecule has 128 valence electrons. The number of carbonyl (C=O) groups is 1. The van der Waals surface area contributed by atoms with Gasteiger partial charge in [0.05, 0.1) is 18.4 Å².